The van der Waals surface area contributed by atoms with Crippen LogP contribution < -0.4 is 0 Å². The van der Waals surface area contributed by atoms with E-state index >= 15 is 0 Å². The molecule has 0 atom stereocenters. The Kier molecular flexibility index (Phi) is 8.82. The van der Waals surface area contributed by atoms with Crippen molar-refractivity contribution in [2.24, 2.45) is 0 Å². The summed E-state index contributed by atoms with van der Waals surface area (Å²) in [6.45, 7) is 0. The van der Waals surface area contributed by atoms with Crippen molar-refractivity contribution in [3.63, 3.8) is 0 Å². The summed E-state index contributed by atoms with van der Waals surface area (Å²) in [5, 5.41) is 0. The van der Waals surface area contributed by atoms with Crippen molar-refractivity contribution in [2.75, 3.05) is 27.1 Å². The van der Waals surface area contributed by atoms with Crippen LogP contribution in [0.1, 0.15) is 6.42 Å². The molecule has 0 aromatic carbocycles. The van der Waals surface area contributed by atoms with Crippen LogP contribution in [0.5, 0.6) is 0 Å². The Balaban J connectivity index is 4.21. The van der Waals surface area contributed by atoms with E-state index in [1.165, 1.54) is 21.3 Å². The summed E-state index contributed by atoms with van der Waals surface area (Å²) in [6, 6.07) is 0.492. The third-order valence-corrected chi connectivity index (χ3v) is 3.82. The van der Waals surface area contributed by atoms with Crippen molar-refractivity contribution in [3.05, 3.63) is 0 Å². The molecule has 0 aliphatic rings. The summed E-state index contributed by atoms with van der Waals surface area (Å²) in [6.07, 6.45) is 0.741. The van der Waals surface area contributed by atoms with Crippen molar-refractivity contribution in [3.8, 4) is 0 Å². The van der Waals surface area contributed by atoms with Crippen LogP contribution in [0, 0.1) is 0 Å². The monoisotopic (exact) mass is 244 g/mol. The number of rotatable bonds is 9. The molecule has 14 heavy (non-hydrogen) atoms. The van der Waals surface area contributed by atoms with Crippen molar-refractivity contribution in [1.82, 2.24) is 0 Å². The van der Waals surface area contributed by atoms with Gasteiger partial charge in [0, 0.05) is 6.04 Å². The van der Waals surface area contributed by atoms with E-state index in [0.717, 1.165) is 6.42 Å². The van der Waals surface area contributed by atoms with Crippen LogP contribution in [0.3, 0.4) is 0 Å². The van der Waals surface area contributed by atoms with Crippen molar-refractivity contribution in [1.29, 1.82) is 0 Å². The summed E-state index contributed by atoms with van der Waals surface area (Å²) < 4.78 is 14.8. The molecule has 0 fully saturated rings. The first-order chi connectivity index (χ1) is 6.74. The van der Waals surface area contributed by atoms with E-state index in [9.17, 15) is 0 Å². The molecule has 0 N–H and O–H groups in total. The molecule has 0 unspecified atom stereocenters. The Labute approximate surface area is 89.9 Å². The largest absolute Gasteiger partial charge is 0.584 e. The Morgan fingerprint density at radius 2 is 1.36 bits per heavy atom. The second-order valence-corrected chi connectivity index (χ2v) is 5.07. The van der Waals surface area contributed by atoms with Gasteiger partial charge in [-0.1, -0.05) is 0 Å². The van der Waals surface area contributed by atoms with Gasteiger partial charge in [0.25, 0.3) is 0 Å². The molecule has 0 aliphatic heterocycles. The molecule has 0 radical (unpaired) electrons. The first-order valence-electron chi connectivity index (χ1n) is 4.01. The van der Waals surface area contributed by atoms with Gasteiger partial charge < -0.3 is 0 Å². The van der Waals surface area contributed by atoms with Crippen molar-refractivity contribution in [2.45, 2.75) is 12.5 Å². The fourth-order valence-electron chi connectivity index (χ4n) is 0.843. The van der Waals surface area contributed by atoms with Gasteiger partial charge in [0.05, 0.1) is 21.3 Å². The minimum Gasteiger partial charge on any atom is -0.246 e. The summed E-state index contributed by atoms with van der Waals surface area (Å²) in [4.78, 5) is 13.6. The zero-order valence-corrected chi connectivity index (χ0v) is 10.4. The number of hydrogen-bond acceptors (Lipinski definition) is 7. The highest BCUT2D eigenvalue weighted by atomic mass is 32.1. The average Bonchev–Trinajstić information content (AvgIpc) is 2.16. The normalized spacial score (nSPS) is 12.0. The van der Waals surface area contributed by atoms with Crippen LogP contribution in [-0.4, -0.2) is 35.9 Å². The molecule has 0 heterocycles. The van der Waals surface area contributed by atoms with Crippen molar-refractivity contribution >= 4 is 21.4 Å². The lowest BCUT2D eigenvalue weighted by Crippen LogP contribution is -2.45. The van der Waals surface area contributed by atoms with Crippen LogP contribution in [0.15, 0.2) is 0 Å². The predicted octanol–water partition coefficient (Wildman–Crippen LogP) is 0.979. The highest BCUT2D eigenvalue weighted by molar-refractivity contribution is 7.80. The number of hydrogen-bond donors (Lipinski definition) is 1. The topological polar surface area (TPSA) is 55.4 Å². The van der Waals surface area contributed by atoms with Gasteiger partial charge in [-0.15, -0.1) is 0 Å². The van der Waals surface area contributed by atoms with Gasteiger partial charge in [-0.05, 0) is 12.2 Å². The third kappa shape index (κ3) is 5.27. The van der Waals surface area contributed by atoms with E-state index in [1.807, 2.05) is 0 Å². The smallest absolute Gasteiger partial charge is 0.246 e. The molecular formula is C6H16O6SSi. The molecule has 0 amide bonds. The molecule has 0 rings (SSSR count). The fraction of sp³-hybridized carbons (Fsp3) is 1.00. The maximum absolute atomic E-state index is 4.92. The Hall–Kier alpha value is 0.327. The maximum Gasteiger partial charge on any atom is 0.584 e. The molecule has 0 aromatic rings. The van der Waals surface area contributed by atoms with Crippen LogP contribution >= 0.6 is 12.6 Å². The van der Waals surface area contributed by atoms with Crippen LogP contribution in [0.25, 0.3) is 0 Å². The Morgan fingerprint density at radius 3 is 1.64 bits per heavy atom. The van der Waals surface area contributed by atoms with Gasteiger partial charge in [0.2, 0.25) is 0 Å². The van der Waals surface area contributed by atoms with E-state index in [2.05, 4.69) is 27.3 Å². The van der Waals surface area contributed by atoms with Gasteiger partial charge in [0.1, 0.15) is 0 Å². The van der Waals surface area contributed by atoms with Gasteiger partial charge in [0.15, 0.2) is 0 Å². The van der Waals surface area contributed by atoms with Gasteiger partial charge in [-0.3, -0.25) is 0 Å². The van der Waals surface area contributed by atoms with Crippen LogP contribution in [0.2, 0.25) is 6.04 Å². The SMILES string of the molecule is COO[Si](CCCS)(OOC)OOC. The molecular weight excluding hydrogens is 228 g/mol. The lowest BCUT2D eigenvalue weighted by Gasteiger charge is -2.23. The zero-order chi connectivity index (χ0) is 10.9. The van der Waals surface area contributed by atoms with Crippen molar-refractivity contribution < 1.29 is 28.4 Å². The Morgan fingerprint density at radius 1 is 0.929 bits per heavy atom. The minimum absolute atomic E-state index is 0.492. The van der Waals surface area contributed by atoms with Crippen LogP contribution in [0.4, 0.5) is 0 Å². The molecule has 6 nitrogen and oxygen atoms in total. The lowest BCUT2D eigenvalue weighted by atomic mass is 10.6. The van der Waals surface area contributed by atoms with E-state index in [-0.39, 0.29) is 0 Å². The zero-order valence-electron chi connectivity index (χ0n) is 8.52. The molecule has 0 bridgehead atoms. The lowest BCUT2D eigenvalue weighted by molar-refractivity contribution is -0.343. The molecule has 0 saturated carbocycles. The maximum atomic E-state index is 4.92. The fourth-order valence-corrected chi connectivity index (χ4v) is 3.00. The summed E-state index contributed by atoms with van der Waals surface area (Å²) in [7, 11) is 1.05. The summed E-state index contributed by atoms with van der Waals surface area (Å²) >= 11 is 4.07. The summed E-state index contributed by atoms with van der Waals surface area (Å²) in [5.41, 5.74) is 0. The summed E-state index contributed by atoms with van der Waals surface area (Å²) in [5.74, 6) is 0.683. The molecule has 0 spiro atoms. The minimum atomic E-state index is -3.03. The molecule has 0 saturated heterocycles. The third-order valence-electron chi connectivity index (χ3n) is 1.27. The standard InChI is InChI=1S/C6H16O6SSi/c1-7-10-14(11-8-2,12-9-3)6-4-5-13/h13H,4-6H2,1-3H3. The molecule has 0 aliphatic carbocycles. The van der Waals surface area contributed by atoms with Gasteiger partial charge >= 0.3 is 8.80 Å². The molecule has 0 aromatic heterocycles. The molecule has 8 heteroatoms. The highest BCUT2D eigenvalue weighted by Gasteiger charge is 2.45. The second-order valence-electron chi connectivity index (χ2n) is 2.26. The first kappa shape index (κ1) is 14.3. The average molecular weight is 244 g/mol. The van der Waals surface area contributed by atoms with Gasteiger partial charge in [-0.2, -0.15) is 12.6 Å². The van der Waals surface area contributed by atoms with E-state index in [1.54, 1.807) is 0 Å². The predicted molar refractivity (Wildman–Crippen MR) is 53.3 cm³/mol. The van der Waals surface area contributed by atoms with E-state index < -0.39 is 8.80 Å². The van der Waals surface area contributed by atoms with E-state index in [0.29, 0.717) is 11.8 Å². The van der Waals surface area contributed by atoms with E-state index in [4.69, 9.17) is 13.7 Å². The highest BCUT2D eigenvalue weighted by Crippen LogP contribution is 2.18. The van der Waals surface area contributed by atoms with Crippen LogP contribution in [-0.2, 0) is 28.4 Å². The first-order valence-corrected chi connectivity index (χ1v) is 6.57. The Bertz CT molecular complexity index is 120. The molecule has 86 valence electrons. The second kappa shape index (κ2) is 8.62. The quantitative estimate of drug-likeness (QED) is 0.282. The number of thiol groups is 1. The van der Waals surface area contributed by atoms with Gasteiger partial charge in [-0.25, -0.2) is 28.4 Å².